The molecule has 1 aromatic carbocycles. The fourth-order valence-corrected chi connectivity index (χ4v) is 6.09. The molecule has 1 N–H and O–H groups in total. The van der Waals surface area contributed by atoms with E-state index in [-0.39, 0.29) is 40.7 Å². The molecule has 10 heteroatoms. The molecule has 1 saturated carbocycles. The summed E-state index contributed by atoms with van der Waals surface area (Å²) < 4.78 is 32.4. The van der Waals surface area contributed by atoms with Crippen LogP contribution in [0.25, 0.3) is 22.2 Å². The van der Waals surface area contributed by atoms with Gasteiger partial charge in [-0.1, -0.05) is 6.92 Å². The number of halogens is 2. The predicted molar refractivity (Wildman–Crippen MR) is 154 cm³/mol. The number of rotatable bonds is 7. The van der Waals surface area contributed by atoms with Crippen molar-refractivity contribution in [2.24, 2.45) is 5.92 Å². The predicted octanol–water partition coefficient (Wildman–Crippen LogP) is 5.37. The van der Waals surface area contributed by atoms with E-state index < -0.39 is 17.2 Å². The molecule has 1 atom stereocenters. The van der Waals surface area contributed by atoms with Crippen LogP contribution in [-0.2, 0) is 4.79 Å². The zero-order valence-corrected chi connectivity index (χ0v) is 23.9. The number of nitrogens with zero attached hydrogens (tertiary/aromatic N) is 5. The van der Waals surface area contributed by atoms with Crippen LogP contribution < -0.4 is 15.8 Å². The second-order valence-electron chi connectivity index (χ2n) is 11.6. The molecule has 2 aromatic heterocycles. The van der Waals surface area contributed by atoms with E-state index in [1.54, 1.807) is 6.20 Å². The normalized spacial score (nSPS) is 21.7. The molecule has 3 aromatic rings. The van der Waals surface area contributed by atoms with Crippen LogP contribution in [0.4, 0.5) is 20.4 Å². The highest BCUT2D eigenvalue weighted by molar-refractivity contribution is 5.97. The summed E-state index contributed by atoms with van der Waals surface area (Å²) in [5, 5.41) is 3.98. The van der Waals surface area contributed by atoms with Crippen molar-refractivity contribution in [3.05, 3.63) is 46.4 Å². The molecule has 0 radical (unpaired) electrons. The highest BCUT2D eigenvalue weighted by Crippen LogP contribution is 2.34. The number of hydrogen-bond acceptors (Lipinski definition) is 6. The molecule has 8 nitrogen and oxygen atoms in total. The minimum atomic E-state index is -1.15. The van der Waals surface area contributed by atoms with Crippen molar-refractivity contribution in [3.8, 4) is 11.1 Å². The average Bonchev–Trinajstić information content (AvgIpc) is 3.30. The van der Waals surface area contributed by atoms with Gasteiger partial charge in [0.1, 0.15) is 5.65 Å². The highest BCUT2D eigenvalue weighted by atomic mass is 19.2. The van der Waals surface area contributed by atoms with E-state index in [4.69, 9.17) is 0 Å². The van der Waals surface area contributed by atoms with E-state index in [0.717, 1.165) is 25.7 Å². The standard InChI is InChI=1S/C30H38F2N6O2/c1-6-18-13-14-37(28(18)39)24-12-11-22(25(31)26(24)32)23-15-19-16-33-30(35-27(19)38(17(2)3)29(23)40)34-20-7-9-21(10-8-20)36(4)5/h11-12,15-18,20-21H,6-10,13-14H2,1-5H3,(H,33,34,35). The first-order valence-electron chi connectivity index (χ1n) is 14.3. The van der Waals surface area contributed by atoms with Crippen LogP contribution in [0.3, 0.4) is 0 Å². The Balaban J connectivity index is 1.49. The van der Waals surface area contributed by atoms with Gasteiger partial charge in [-0.15, -0.1) is 0 Å². The maximum atomic E-state index is 15.5. The number of aromatic nitrogens is 3. The molecule has 1 unspecified atom stereocenters. The Labute approximate surface area is 233 Å². The fourth-order valence-electron chi connectivity index (χ4n) is 6.09. The summed E-state index contributed by atoms with van der Waals surface area (Å²) in [4.78, 5) is 39.1. The Kier molecular flexibility index (Phi) is 7.90. The van der Waals surface area contributed by atoms with Gasteiger partial charge in [0.2, 0.25) is 11.9 Å². The van der Waals surface area contributed by atoms with Crippen molar-refractivity contribution >= 4 is 28.6 Å². The lowest BCUT2D eigenvalue weighted by Crippen LogP contribution is -2.36. The molecule has 1 aliphatic carbocycles. The molecule has 214 valence electrons. The lowest BCUT2D eigenvalue weighted by molar-refractivity contribution is -0.120. The number of hydrogen-bond donors (Lipinski definition) is 1. The summed E-state index contributed by atoms with van der Waals surface area (Å²) in [6.07, 6.45) is 7.06. The summed E-state index contributed by atoms with van der Waals surface area (Å²) in [6, 6.07) is 4.83. The van der Waals surface area contributed by atoms with Gasteiger partial charge in [-0.2, -0.15) is 4.98 Å². The van der Waals surface area contributed by atoms with Crippen LogP contribution in [0.1, 0.15) is 65.3 Å². The third-order valence-electron chi connectivity index (χ3n) is 8.50. The maximum Gasteiger partial charge on any atom is 0.260 e. The van der Waals surface area contributed by atoms with E-state index >= 15 is 8.78 Å². The molecule has 40 heavy (non-hydrogen) atoms. The molecule has 1 aliphatic heterocycles. The van der Waals surface area contributed by atoms with E-state index in [2.05, 4.69) is 34.3 Å². The van der Waals surface area contributed by atoms with Crippen LogP contribution in [0, 0.1) is 17.6 Å². The Hall–Kier alpha value is -3.40. The third kappa shape index (κ3) is 5.09. The first-order chi connectivity index (χ1) is 19.1. The van der Waals surface area contributed by atoms with Gasteiger partial charge in [-0.25, -0.2) is 13.8 Å². The molecule has 1 amide bonds. The minimum absolute atomic E-state index is 0.0228. The monoisotopic (exact) mass is 552 g/mol. The van der Waals surface area contributed by atoms with Gasteiger partial charge in [-0.3, -0.25) is 14.2 Å². The van der Waals surface area contributed by atoms with E-state index in [0.29, 0.717) is 42.4 Å². The lowest BCUT2D eigenvalue weighted by atomic mass is 9.91. The van der Waals surface area contributed by atoms with Crippen molar-refractivity contribution in [3.63, 3.8) is 0 Å². The largest absolute Gasteiger partial charge is 0.351 e. The SMILES string of the molecule is CCC1CCN(c2ccc(-c3cc4cnc(NC5CCC(N(C)C)CC5)nc4n(C(C)C)c3=O)c(F)c2F)C1=O. The summed E-state index contributed by atoms with van der Waals surface area (Å²) in [7, 11) is 4.21. The smallest absolute Gasteiger partial charge is 0.260 e. The van der Waals surface area contributed by atoms with Crippen molar-refractivity contribution < 1.29 is 13.6 Å². The van der Waals surface area contributed by atoms with Gasteiger partial charge in [0.05, 0.1) is 11.3 Å². The molecule has 0 bridgehead atoms. The topological polar surface area (TPSA) is 83.4 Å². The Morgan fingerprint density at radius 3 is 2.40 bits per heavy atom. The third-order valence-corrected chi connectivity index (χ3v) is 8.50. The number of amides is 1. The molecular formula is C30H38F2N6O2. The van der Waals surface area contributed by atoms with Crippen LogP contribution >= 0.6 is 0 Å². The number of pyridine rings is 1. The first kappa shape index (κ1) is 28.1. The van der Waals surface area contributed by atoms with E-state index in [9.17, 15) is 9.59 Å². The number of anilines is 2. The molecule has 0 spiro atoms. The van der Waals surface area contributed by atoms with Gasteiger partial charge in [-0.05, 0) is 84.7 Å². The number of benzene rings is 1. The second-order valence-corrected chi connectivity index (χ2v) is 11.6. The fraction of sp³-hybridized carbons (Fsp3) is 0.533. The van der Waals surface area contributed by atoms with Gasteiger partial charge >= 0.3 is 0 Å². The van der Waals surface area contributed by atoms with Gasteiger partial charge in [0.15, 0.2) is 11.6 Å². The van der Waals surface area contributed by atoms with E-state index in [1.807, 2.05) is 20.8 Å². The lowest BCUT2D eigenvalue weighted by Gasteiger charge is -2.33. The van der Waals surface area contributed by atoms with Crippen LogP contribution in [0.2, 0.25) is 0 Å². The maximum absolute atomic E-state index is 15.5. The van der Waals surface area contributed by atoms with Crippen LogP contribution in [0.5, 0.6) is 0 Å². The molecule has 2 fully saturated rings. The highest BCUT2D eigenvalue weighted by Gasteiger charge is 2.34. The van der Waals surface area contributed by atoms with Crippen LogP contribution in [0.15, 0.2) is 29.2 Å². The number of carbonyl (C=O) groups is 1. The molecular weight excluding hydrogens is 514 g/mol. The molecule has 2 aliphatic rings. The molecule has 5 rings (SSSR count). The van der Waals surface area contributed by atoms with Crippen molar-refractivity contribution in [1.29, 1.82) is 0 Å². The summed E-state index contributed by atoms with van der Waals surface area (Å²) in [6.45, 7) is 5.95. The average molecular weight is 553 g/mol. The summed E-state index contributed by atoms with van der Waals surface area (Å²) in [5.41, 5.74) is -0.247. The van der Waals surface area contributed by atoms with Crippen LogP contribution in [-0.4, -0.2) is 58.1 Å². The summed E-state index contributed by atoms with van der Waals surface area (Å²) >= 11 is 0. The molecule has 3 heterocycles. The molecule has 1 saturated heterocycles. The zero-order chi connectivity index (χ0) is 28.7. The zero-order valence-electron chi connectivity index (χ0n) is 23.9. The Bertz CT molecular complexity index is 1480. The second kappa shape index (κ2) is 11.2. The van der Waals surface area contributed by atoms with Gasteiger partial charge in [0, 0.05) is 47.7 Å². The number of nitrogens with one attached hydrogen (secondary N) is 1. The number of fused-ring (bicyclic) bond motifs is 1. The van der Waals surface area contributed by atoms with Gasteiger partial charge < -0.3 is 15.1 Å². The Morgan fingerprint density at radius 2 is 1.77 bits per heavy atom. The van der Waals surface area contributed by atoms with Gasteiger partial charge in [0.25, 0.3) is 5.56 Å². The Morgan fingerprint density at radius 1 is 1.05 bits per heavy atom. The van der Waals surface area contributed by atoms with E-state index in [1.165, 1.54) is 27.7 Å². The minimum Gasteiger partial charge on any atom is -0.351 e. The van der Waals surface area contributed by atoms with Crippen molar-refractivity contribution in [2.75, 3.05) is 30.9 Å². The quantitative estimate of drug-likeness (QED) is 0.425. The van der Waals surface area contributed by atoms with Crippen molar-refractivity contribution in [2.45, 2.75) is 77.4 Å². The summed E-state index contributed by atoms with van der Waals surface area (Å²) in [5.74, 6) is -2.21. The number of carbonyl (C=O) groups excluding carboxylic acids is 1. The van der Waals surface area contributed by atoms with Crippen molar-refractivity contribution in [1.82, 2.24) is 19.4 Å². The first-order valence-corrected chi connectivity index (χ1v) is 14.3.